The summed E-state index contributed by atoms with van der Waals surface area (Å²) in [4.78, 5) is 23.8. The second kappa shape index (κ2) is 4.95. The fraction of sp³-hybridized carbons (Fsp3) is 0.778. The third-order valence-electron chi connectivity index (χ3n) is 2.69. The van der Waals surface area contributed by atoms with Gasteiger partial charge in [0.2, 0.25) is 11.8 Å². The molecule has 5 nitrogen and oxygen atoms in total. The largest absolute Gasteiger partial charge is 0.343 e. The molecule has 1 aliphatic rings. The van der Waals surface area contributed by atoms with Crippen LogP contribution in [0.2, 0.25) is 0 Å². The Kier molecular flexibility index (Phi) is 3.88. The molecule has 14 heavy (non-hydrogen) atoms. The first-order valence-corrected chi connectivity index (χ1v) is 4.88. The molecule has 5 heteroatoms. The van der Waals surface area contributed by atoms with Crippen LogP contribution < -0.4 is 11.3 Å². The lowest BCUT2D eigenvalue weighted by Gasteiger charge is -2.30. The Balaban J connectivity index is 2.29. The highest BCUT2D eigenvalue weighted by molar-refractivity contribution is 5.75. The van der Waals surface area contributed by atoms with Gasteiger partial charge in [-0.15, -0.1) is 0 Å². The van der Waals surface area contributed by atoms with E-state index in [9.17, 15) is 9.59 Å². The summed E-state index contributed by atoms with van der Waals surface area (Å²) in [6, 6.07) is 0. The number of nitrogens with two attached hydrogens (primary N) is 1. The summed E-state index contributed by atoms with van der Waals surface area (Å²) < 4.78 is 0. The van der Waals surface area contributed by atoms with E-state index in [2.05, 4.69) is 5.43 Å². The Morgan fingerprint density at radius 2 is 2.00 bits per heavy atom. The van der Waals surface area contributed by atoms with E-state index in [0.29, 0.717) is 12.3 Å². The molecule has 2 amide bonds. The quantitative estimate of drug-likeness (QED) is 0.362. The summed E-state index contributed by atoms with van der Waals surface area (Å²) in [6.45, 7) is 3.10. The molecule has 80 valence electrons. The van der Waals surface area contributed by atoms with Gasteiger partial charge in [-0.25, -0.2) is 5.84 Å². The van der Waals surface area contributed by atoms with Gasteiger partial charge in [0.05, 0.1) is 0 Å². The minimum Gasteiger partial charge on any atom is -0.343 e. The number of nitrogens with zero attached hydrogens (tertiary/aromatic N) is 1. The number of hydrogen-bond donors (Lipinski definition) is 2. The van der Waals surface area contributed by atoms with Crippen LogP contribution in [-0.4, -0.2) is 29.8 Å². The van der Waals surface area contributed by atoms with E-state index >= 15 is 0 Å². The molecule has 1 saturated heterocycles. The smallest absolute Gasteiger partial charge is 0.234 e. The highest BCUT2D eigenvalue weighted by Crippen LogP contribution is 2.20. The molecule has 0 atom stereocenters. The van der Waals surface area contributed by atoms with Gasteiger partial charge in [-0.3, -0.25) is 15.0 Å². The van der Waals surface area contributed by atoms with Crippen molar-refractivity contribution in [2.75, 3.05) is 13.1 Å². The van der Waals surface area contributed by atoms with Crippen molar-refractivity contribution in [2.45, 2.75) is 26.2 Å². The van der Waals surface area contributed by atoms with E-state index in [-0.39, 0.29) is 11.8 Å². The zero-order chi connectivity index (χ0) is 10.6. The van der Waals surface area contributed by atoms with E-state index in [1.54, 1.807) is 6.92 Å². The first-order valence-electron chi connectivity index (χ1n) is 4.88. The van der Waals surface area contributed by atoms with Gasteiger partial charge in [0.25, 0.3) is 0 Å². The van der Waals surface area contributed by atoms with E-state index in [1.165, 1.54) is 0 Å². The summed E-state index contributed by atoms with van der Waals surface area (Å²) in [6.07, 6.45) is 2.27. The fourth-order valence-electron chi connectivity index (χ4n) is 1.77. The predicted octanol–water partition coefficient (Wildman–Crippen LogP) is -0.375. The lowest BCUT2D eigenvalue weighted by atomic mass is 9.93. The molecule has 0 aromatic heterocycles. The van der Waals surface area contributed by atoms with Crippen LogP contribution in [0.1, 0.15) is 26.2 Å². The SMILES string of the molecule is CC(=O)N1CCC(CC(=O)NN)CC1. The van der Waals surface area contributed by atoms with Crippen molar-refractivity contribution in [2.24, 2.45) is 11.8 Å². The maximum absolute atomic E-state index is 11.0. The Bertz CT molecular complexity index is 222. The number of hydrazine groups is 1. The molecule has 0 bridgehead atoms. The molecule has 0 spiro atoms. The second-order valence-electron chi connectivity index (χ2n) is 3.72. The standard InChI is InChI=1S/C9H17N3O2/c1-7(13)12-4-2-8(3-5-12)6-9(14)11-10/h8H,2-6,10H2,1H3,(H,11,14). The number of piperidine rings is 1. The number of likely N-dealkylation sites (tertiary alicyclic amines) is 1. The molecule has 1 rings (SSSR count). The zero-order valence-corrected chi connectivity index (χ0v) is 8.45. The molecule has 0 saturated carbocycles. The molecule has 1 aliphatic heterocycles. The van der Waals surface area contributed by atoms with Crippen LogP contribution in [0.4, 0.5) is 0 Å². The third-order valence-corrected chi connectivity index (χ3v) is 2.69. The van der Waals surface area contributed by atoms with Crippen molar-refractivity contribution in [3.05, 3.63) is 0 Å². The predicted molar refractivity (Wildman–Crippen MR) is 51.9 cm³/mol. The summed E-state index contributed by atoms with van der Waals surface area (Å²) in [5.41, 5.74) is 2.13. The highest BCUT2D eigenvalue weighted by Gasteiger charge is 2.22. The van der Waals surface area contributed by atoms with Gasteiger partial charge in [-0.1, -0.05) is 0 Å². The van der Waals surface area contributed by atoms with Crippen molar-refractivity contribution in [1.82, 2.24) is 10.3 Å². The maximum Gasteiger partial charge on any atom is 0.234 e. The molecule has 0 unspecified atom stereocenters. The second-order valence-corrected chi connectivity index (χ2v) is 3.72. The molecule has 0 aromatic rings. The number of carbonyl (C=O) groups is 2. The highest BCUT2D eigenvalue weighted by atomic mass is 16.2. The van der Waals surface area contributed by atoms with Crippen molar-refractivity contribution in [1.29, 1.82) is 0 Å². The van der Waals surface area contributed by atoms with Crippen molar-refractivity contribution in [3.63, 3.8) is 0 Å². The van der Waals surface area contributed by atoms with Gasteiger partial charge in [-0.05, 0) is 18.8 Å². The summed E-state index contributed by atoms with van der Waals surface area (Å²) in [5, 5.41) is 0. The average molecular weight is 199 g/mol. The van der Waals surface area contributed by atoms with E-state index in [0.717, 1.165) is 25.9 Å². The molecule has 3 N–H and O–H groups in total. The van der Waals surface area contributed by atoms with Crippen LogP contribution in [0.25, 0.3) is 0 Å². The Labute approximate surface area is 83.6 Å². The van der Waals surface area contributed by atoms with Crippen LogP contribution in [-0.2, 0) is 9.59 Å². The van der Waals surface area contributed by atoms with Crippen LogP contribution in [0.3, 0.4) is 0 Å². The third kappa shape index (κ3) is 2.99. The lowest BCUT2D eigenvalue weighted by molar-refractivity contribution is -0.130. The number of hydrogen-bond acceptors (Lipinski definition) is 3. The Hall–Kier alpha value is -1.10. The Morgan fingerprint density at radius 3 is 2.43 bits per heavy atom. The van der Waals surface area contributed by atoms with Crippen molar-refractivity contribution < 1.29 is 9.59 Å². The van der Waals surface area contributed by atoms with Gasteiger partial charge in [0.1, 0.15) is 0 Å². The number of nitrogens with one attached hydrogen (secondary N) is 1. The van der Waals surface area contributed by atoms with Gasteiger partial charge >= 0.3 is 0 Å². The van der Waals surface area contributed by atoms with E-state index in [4.69, 9.17) is 5.84 Å². The first-order chi connectivity index (χ1) is 6.63. The van der Waals surface area contributed by atoms with Crippen molar-refractivity contribution >= 4 is 11.8 Å². The molecule has 0 aromatic carbocycles. The fourth-order valence-corrected chi connectivity index (χ4v) is 1.77. The molecule has 1 fully saturated rings. The van der Waals surface area contributed by atoms with Gasteiger partial charge in [-0.2, -0.15) is 0 Å². The Morgan fingerprint density at radius 1 is 1.43 bits per heavy atom. The van der Waals surface area contributed by atoms with Crippen LogP contribution in [0, 0.1) is 5.92 Å². The minimum atomic E-state index is -0.119. The maximum atomic E-state index is 11.0. The van der Waals surface area contributed by atoms with Gasteiger partial charge in [0, 0.05) is 26.4 Å². The summed E-state index contributed by atoms with van der Waals surface area (Å²) >= 11 is 0. The monoisotopic (exact) mass is 199 g/mol. The van der Waals surface area contributed by atoms with Crippen molar-refractivity contribution in [3.8, 4) is 0 Å². The lowest BCUT2D eigenvalue weighted by Crippen LogP contribution is -2.39. The number of rotatable bonds is 2. The summed E-state index contributed by atoms with van der Waals surface area (Å²) in [7, 11) is 0. The summed E-state index contributed by atoms with van der Waals surface area (Å²) in [5.74, 6) is 5.37. The number of carbonyl (C=O) groups excluding carboxylic acids is 2. The van der Waals surface area contributed by atoms with E-state index < -0.39 is 0 Å². The topological polar surface area (TPSA) is 75.4 Å². The molecule has 1 heterocycles. The number of amides is 2. The minimum absolute atomic E-state index is 0.117. The molecule has 0 aliphatic carbocycles. The van der Waals surface area contributed by atoms with Gasteiger partial charge in [0.15, 0.2) is 0 Å². The molecular formula is C9H17N3O2. The average Bonchev–Trinajstić information content (AvgIpc) is 2.18. The molecule has 0 radical (unpaired) electrons. The van der Waals surface area contributed by atoms with E-state index in [1.807, 2.05) is 4.90 Å². The molecular weight excluding hydrogens is 182 g/mol. The van der Waals surface area contributed by atoms with Crippen LogP contribution in [0.5, 0.6) is 0 Å². The van der Waals surface area contributed by atoms with Gasteiger partial charge < -0.3 is 4.90 Å². The zero-order valence-electron chi connectivity index (χ0n) is 8.45. The van der Waals surface area contributed by atoms with Crippen LogP contribution in [0.15, 0.2) is 0 Å². The first kappa shape index (κ1) is 11.0. The van der Waals surface area contributed by atoms with Crippen LogP contribution >= 0.6 is 0 Å². The normalized spacial score (nSPS) is 18.0.